The van der Waals surface area contributed by atoms with E-state index in [0.717, 1.165) is 5.06 Å². The van der Waals surface area contributed by atoms with Gasteiger partial charge in [0.25, 0.3) is 0 Å². The maximum atomic E-state index is 9.19. The number of aliphatic hydroxyl groups is 2. The van der Waals surface area contributed by atoms with E-state index in [2.05, 4.69) is 0 Å². The zero-order valence-electron chi connectivity index (χ0n) is 5.92. The van der Waals surface area contributed by atoms with Crippen LogP contribution in [0.3, 0.4) is 0 Å². The molecule has 0 radical (unpaired) electrons. The Balaban J connectivity index is 2.02. The molecule has 0 aromatic rings. The molecule has 2 fully saturated rings. The molecule has 2 rings (SSSR count). The molecule has 64 valence electrons. The Morgan fingerprint density at radius 2 is 2.18 bits per heavy atom. The molecule has 0 bridgehead atoms. The van der Waals surface area contributed by atoms with Gasteiger partial charge in [0.15, 0.2) is 0 Å². The second-order valence-electron chi connectivity index (χ2n) is 2.98. The van der Waals surface area contributed by atoms with Crippen molar-refractivity contribution >= 4 is 0 Å². The Morgan fingerprint density at radius 1 is 1.45 bits per heavy atom. The van der Waals surface area contributed by atoms with Gasteiger partial charge in [-0.15, -0.1) is 0 Å². The molecule has 5 atom stereocenters. The number of hydroxylamine groups is 2. The summed E-state index contributed by atoms with van der Waals surface area (Å²) in [4.78, 5) is 0. The van der Waals surface area contributed by atoms with Crippen molar-refractivity contribution in [2.75, 3.05) is 13.2 Å². The van der Waals surface area contributed by atoms with E-state index < -0.39 is 6.10 Å². The molecule has 0 spiro atoms. The zero-order valence-corrected chi connectivity index (χ0v) is 5.92. The Labute approximate surface area is 63.8 Å². The van der Waals surface area contributed by atoms with Gasteiger partial charge >= 0.3 is 0 Å². The van der Waals surface area contributed by atoms with Crippen LogP contribution in [0.5, 0.6) is 0 Å². The number of hydrogen-bond acceptors (Lipinski definition) is 5. The zero-order chi connectivity index (χ0) is 8.01. The highest BCUT2D eigenvalue weighted by Gasteiger charge is 2.59. The fourth-order valence-electron chi connectivity index (χ4n) is 1.63. The average molecular weight is 161 g/mol. The molecule has 2 aliphatic rings. The number of aliphatic hydroxyl groups excluding tert-OH is 2. The minimum Gasteiger partial charge on any atom is -0.394 e. The van der Waals surface area contributed by atoms with Gasteiger partial charge in [0.1, 0.15) is 6.10 Å². The van der Waals surface area contributed by atoms with Crippen molar-refractivity contribution in [3.63, 3.8) is 0 Å². The highest BCUT2D eigenvalue weighted by atomic mass is 16.6. The maximum Gasteiger partial charge on any atom is 0.100 e. The SMILES string of the molecule is OCC1OCC(O)C2C1N2O. The topological polar surface area (TPSA) is 72.9 Å². The van der Waals surface area contributed by atoms with E-state index in [-0.39, 0.29) is 31.4 Å². The normalized spacial score (nSPS) is 55.4. The van der Waals surface area contributed by atoms with Crippen molar-refractivity contribution in [3.05, 3.63) is 0 Å². The lowest BCUT2D eigenvalue weighted by atomic mass is 10.1. The number of ether oxygens (including phenoxy) is 1. The Kier molecular flexibility index (Phi) is 1.62. The Hall–Kier alpha value is -0.200. The monoisotopic (exact) mass is 161 g/mol. The van der Waals surface area contributed by atoms with Gasteiger partial charge < -0.3 is 20.2 Å². The second-order valence-corrected chi connectivity index (χ2v) is 2.98. The van der Waals surface area contributed by atoms with Crippen LogP contribution in [0.2, 0.25) is 0 Å². The molecule has 2 heterocycles. The highest BCUT2D eigenvalue weighted by Crippen LogP contribution is 2.36. The van der Waals surface area contributed by atoms with Gasteiger partial charge in [-0.3, -0.25) is 0 Å². The predicted molar refractivity (Wildman–Crippen MR) is 34.0 cm³/mol. The van der Waals surface area contributed by atoms with Crippen molar-refractivity contribution in [2.45, 2.75) is 24.3 Å². The number of rotatable bonds is 1. The standard InChI is InChI=1S/C6H11NO4/c8-1-4-6-5(7(6)10)3(9)2-11-4/h3-6,8-10H,1-2H2. The Bertz CT molecular complexity index is 163. The van der Waals surface area contributed by atoms with Gasteiger partial charge in [-0.25, -0.2) is 0 Å². The third-order valence-electron chi connectivity index (χ3n) is 2.31. The van der Waals surface area contributed by atoms with Crippen LogP contribution in [-0.4, -0.2) is 58.0 Å². The molecule has 0 aromatic heterocycles. The van der Waals surface area contributed by atoms with Crippen molar-refractivity contribution < 1.29 is 20.2 Å². The predicted octanol–water partition coefficient (Wildman–Crippen LogP) is -1.82. The van der Waals surface area contributed by atoms with Crippen LogP contribution in [0.25, 0.3) is 0 Å². The number of fused-ring (bicyclic) bond motifs is 1. The highest BCUT2D eigenvalue weighted by molar-refractivity contribution is 5.08. The van der Waals surface area contributed by atoms with E-state index in [0.29, 0.717) is 0 Å². The summed E-state index contributed by atoms with van der Waals surface area (Å²) >= 11 is 0. The third-order valence-corrected chi connectivity index (χ3v) is 2.31. The summed E-state index contributed by atoms with van der Waals surface area (Å²) in [5.41, 5.74) is 0. The van der Waals surface area contributed by atoms with Gasteiger partial charge in [-0.2, -0.15) is 5.06 Å². The first-order chi connectivity index (χ1) is 5.25. The van der Waals surface area contributed by atoms with Crippen LogP contribution in [0.4, 0.5) is 0 Å². The van der Waals surface area contributed by atoms with E-state index in [4.69, 9.17) is 15.1 Å². The van der Waals surface area contributed by atoms with Crippen molar-refractivity contribution in [3.8, 4) is 0 Å². The van der Waals surface area contributed by atoms with Gasteiger partial charge in [0.05, 0.1) is 31.4 Å². The fourth-order valence-corrected chi connectivity index (χ4v) is 1.63. The van der Waals surface area contributed by atoms with E-state index >= 15 is 0 Å². The molecule has 5 heteroatoms. The molecule has 5 unspecified atom stereocenters. The molecular formula is C6H11NO4. The van der Waals surface area contributed by atoms with Crippen LogP contribution < -0.4 is 0 Å². The van der Waals surface area contributed by atoms with Gasteiger partial charge in [-0.1, -0.05) is 0 Å². The summed E-state index contributed by atoms with van der Waals surface area (Å²) < 4.78 is 5.06. The van der Waals surface area contributed by atoms with Crippen molar-refractivity contribution in [1.82, 2.24) is 5.06 Å². The van der Waals surface area contributed by atoms with E-state index in [1.165, 1.54) is 0 Å². The molecule has 2 saturated heterocycles. The van der Waals surface area contributed by atoms with E-state index in [9.17, 15) is 5.11 Å². The lowest BCUT2D eigenvalue weighted by molar-refractivity contribution is -0.0570. The molecule has 2 aliphatic heterocycles. The van der Waals surface area contributed by atoms with Crippen LogP contribution in [0, 0.1) is 0 Å². The first kappa shape index (κ1) is 7.45. The third kappa shape index (κ3) is 0.969. The summed E-state index contributed by atoms with van der Waals surface area (Å²) in [6, 6.07) is -0.426. The minimum atomic E-state index is -0.618. The molecule has 0 aromatic carbocycles. The summed E-state index contributed by atoms with van der Waals surface area (Å²) in [5.74, 6) is 0. The number of nitrogens with zero attached hydrogens (tertiary/aromatic N) is 1. The first-order valence-corrected chi connectivity index (χ1v) is 3.63. The summed E-state index contributed by atoms with van der Waals surface area (Å²) in [5, 5.41) is 28.1. The summed E-state index contributed by atoms with van der Waals surface area (Å²) in [6.07, 6.45) is -0.957. The minimum absolute atomic E-state index is 0.106. The summed E-state index contributed by atoms with van der Waals surface area (Å²) in [7, 11) is 0. The fraction of sp³-hybridized carbons (Fsp3) is 1.00. The van der Waals surface area contributed by atoms with Crippen molar-refractivity contribution in [1.29, 1.82) is 0 Å². The van der Waals surface area contributed by atoms with Crippen LogP contribution in [0.1, 0.15) is 0 Å². The largest absolute Gasteiger partial charge is 0.394 e. The molecule has 0 amide bonds. The van der Waals surface area contributed by atoms with Crippen molar-refractivity contribution in [2.24, 2.45) is 0 Å². The van der Waals surface area contributed by atoms with E-state index in [1.807, 2.05) is 0 Å². The molecule has 5 nitrogen and oxygen atoms in total. The molecular weight excluding hydrogens is 150 g/mol. The second kappa shape index (κ2) is 2.40. The average Bonchev–Trinajstić information content (AvgIpc) is 2.65. The van der Waals surface area contributed by atoms with Crippen LogP contribution >= 0.6 is 0 Å². The summed E-state index contributed by atoms with van der Waals surface area (Å²) in [6.45, 7) is 0.0917. The maximum absolute atomic E-state index is 9.19. The van der Waals surface area contributed by atoms with Gasteiger partial charge in [0.2, 0.25) is 0 Å². The molecule has 3 N–H and O–H groups in total. The lowest BCUT2D eigenvalue weighted by Crippen LogP contribution is -2.38. The number of hydrogen-bond donors (Lipinski definition) is 3. The smallest absolute Gasteiger partial charge is 0.100 e. The lowest BCUT2D eigenvalue weighted by Gasteiger charge is -2.21. The van der Waals surface area contributed by atoms with Crippen LogP contribution in [0.15, 0.2) is 0 Å². The van der Waals surface area contributed by atoms with Gasteiger partial charge in [0, 0.05) is 0 Å². The van der Waals surface area contributed by atoms with Crippen LogP contribution in [-0.2, 0) is 4.74 Å². The Morgan fingerprint density at radius 3 is 2.82 bits per heavy atom. The molecule has 11 heavy (non-hydrogen) atoms. The molecule has 0 saturated carbocycles. The van der Waals surface area contributed by atoms with Gasteiger partial charge in [-0.05, 0) is 0 Å². The quantitative estimate of drug-likeness (QED) is 0.395. The first-order valence-electron chi connectivity index (χ1n) is 3.63. The molecule has 0 aliphatic carbocycles. The van der Waals surface area contributed by atoms with E-state index in [1.54, 1.807) is 0 Å².